The Labute approximate surface area is 127 Å². The lowest BCUT2D eigenvalue weighted by molar-refractivity contribution is 0.262. The molecule has 0 radical (unpaired) electrons. The molecule has 0 aliphatic heterocycles. The van der Waals surface area contributed by atoms with Crippen molar-refractivity contribution < 1.29 is 4.79 Å². The molecule has 0 fully saturated rings. The van der Waals surface area contributed by atoms with Gasteiger partial charge in [0.05, 0.1) is 5.69 Å². The van der Waals surface area contributed by atoms with Gasteiger partial charge in [-0.1, -0.05) is 30.3 Å². The van der Waals surface area contributed by atoms with Crippen molar-refractivity contribution in [3.05, 3.63) is 54.7 Å². The summed E-state index contributed by atoms with van der Waals surface area (Å²) in [4.78, 5) is 11.8. The van der Waals surface area contributed by atoms with E-state index in [1.165, 1.54) is 0 Å². The SMILES string of the molecule is Cn1ccc(NC(=O)Nc2ccc(-c3ccccc3)nn2)n1. The van der Waals surface area contributed by atoms with Crippen molar-refractivity contribution in [2.24, 2.45) is 7.05 Å². The first-order valence-corrected chi connectivity index (χ1v) is 6.67. The van der Waals surface area contributed by atoms with Gasteiger partial charge in [0.25, 0.3) is 0 Å². The van der Waals surface area contributed by atoms with E-state index in [1.807, 2.05) is 30.3 Å². The second kappa shape index (κ2) is 6.04. The molecule has 7 heteroatoms. The van der Waals surface area contributed by atoms with Crippen molar-refractivity contribution in [1.29, 1.82) is 0 Å². The van der Waals surface area contributed by atoms with Crippen LogP contribution in [0.15, 0.2) is 54.7 Å². The molecule has 0 aliphatic carbocycles. The third-order valence-electron chi connectivity index (χ3n) is 2.93. The molecule has 1 aromatic carbocycles. The highest BCUT2D eigenvalue weighted by molar-refractivity contribution is 5.98. The zero-order chi connectivity index (χ0) is 15.4. The molecule has 0 saturated heterocycles. The zero-order valence-electron chi connectivity index (χ0n) is 11.9. The minimum Gasteiger partial charge on any atom is -0.291 e. The van der Waals surface area contributed by atoms with Gasteiger partial charge >= 0.3 is 6.03 Å². The fourth-order valence-electron chi connectivity index (χ4n) is 1.91. The van der Waals surface area contributed by atoms with Crippen molar-refractivity contribution in [2.75, 3.05) is 10.6 Å². The average Bonchev–Trinajstić information content (AvgIpc) is 2.94. The maximum Gasteiger partial charge on any atom is 0.326 e. The summed E-state index contributed by atoms with van der Waals surface area (Å²) in [5, 5.41) is 17.4. The summed E-state index contributed by atoms with van der Waals surface area (Å²) in [5.74, 6) is 0.835. The van der Waals surface area contributed by atoms with Crippen LogP contribution in [0, 0.1) is 0 Å². The molecule has 0 saturated carbocycles. The van der Waals surface area contributed by atoms with Gasteiger partial charge in [-0.25, -0.2) is 4.79 Å². The molecule has 2 heterocycles. The lowest BCUT2D eigenvalue weighted by Crippen LogP contribution is -2.20. The monoisotopic (exact) mass is 294 g/mol. The molecular formula is C15H14N6O. The van der Waals surface area contributed by atoms with E-state index in [4.69, 9.17) is 0 Å². The molecule has 0 atom stereocenters. The fraction of sp³-hybridized carbons (Fsp3) is 0.0667. The number of hydrogen-bond acceptors (Lipinski definition) is 4. The van der Waals surface area contributed by atoms with Crippen molar-refractivity contribution in [3.63, 3.8) is 0 Å². The Morgan fingerprint density at radius 1 is 0.955 bits per heavy atom. The lowest BCUT2D eigenvalue weighted by Gasteiger charge is -2.05. The van der Waals surface area contributed by atoms with E-state index in [9.17, 15) is 4.79 Å². The summed E-state index contributed by atoms with van der Waals surface area (Å²) in [5.41, 5.74) is 1.72. The topological polar surface area (TPSA) is 84.7 Å². The Morgan fingerprint density at radius 3 is 2.36 bits per heavy atom. The van der Waals surface area contributed by atoms with Gasteiger partial charge in [-0.2, -0.15) is 5.10 Å². The van der Waals surface area contributed by atoms with Crippen LogP contribution >= 0.6 is 0 Å². The number of benzene rings is 1. The largest absolute Gasteiger partial charge is 0.326 e. The smallest absolute Gasteiger partial charge is 0.291 e. The van der Waals surface area contributed by atoms with Gasteiger partial charge in [-0.3, -0.25) is 15.3 Å². The van der Waals surface area contributed by atoms with E-state index in [2.05, 4.69) is 25.9 Å². The number of aromatic nitrogens is 4. The number of nitrogens with zero attached hydrogens (tertiary/aromatic N) is 4. The molecular weight excluding hydrogens is 280 g/mol. The van der Waals surface area contributed by atoms with Gasteiger partial charge in [-0.05, 0) is 12.1 Å². The minimum absolute atomic E-state index is 0.369. The van der Waals surface area contributed by atoms with Crippen molar-refractivity contribution in [2.45, 2.75) is 0 Å². The number of aryl methyl sites for hydroxylation is 1. The fourth-order valence-corrected chi connectivity index (χ4v) is 1.91. The van der Waals surface area contributed by atoms with E-state index in [-0.39, 0.29) is 0 Å². The van der Waals surface area contributed by atoms with Crippen LogP contribution in [-0.4, -0.2) is 26.0 Å². The van der Waals surface area contributed by atoms with Crippen LogP contribution in [0.25, 0.3) is 11.3 Å². The number of nitrogens with one attached hydrogen (secondary N) is 2. The number of rotatable bonds is 3. The van der Waals surface area contributed by atoms with Crippen LogP contribution in [0.1, 0.15) is 0 Å². The number of hydrogen-bond donors (Lipinski definition) is 2. The van der Waals surface area contributed by atoms with Crippen LogP contribution in [0.4, 0.5) is 16.4 Å². The quantitative estimate of drug-likeness (QED) is 0.777. The standard InChI is InChI=1S/C15H14N6O/c1-21-10-9-14(20-21)17-15(22)16-13-8-7-12(18-19-13)11-5-3-2-4-6-11/h2-10H,1H3,(H2,16,17,19,20,22). The predicted molar refractivity (Wildman–Crippen MR) is 83.3 cm³/mol. The Morgan fingerprint density at radius 2 is 1.73 bits per heavy atom. The Kier molecular flexibility index (Phi) is 3.78. The number of urea groups is 1. The van der Waals surface area contributed by atoms with Crippen LogP contribution in [0.5, 0.6) is 0 Å². The van der Waals surface area contributed by atoms with Gasteiger partial charge in [-0.15, -0.1) is 10.2 Å². The summed E-state index contributed by atoms with van der Waals surface area (Å²) in [6.07, 6.45) is 1.74. The number of anilines is 2. The highest BCUT2D eigenvalue weighted by atomic mass is 16.2. The molecule has 3 rings (SSSR count). The Balaban J connectivity index is 1.65. The highest BCUT2D eigenvalue weighted by Gasteiger charge is 2.06. The summed E-state index contributed by atoms with van der Waals surface area (Å²) in [6.45, 7) is 0. The van der Waals surface area contributed by atoms with E-state index in [1.54, 1.807) is 36.1 Å². The second-order valence-corrected chi connectivity index (χ2v) is 4.62. The van der Waals surface area contributed by atoms with Crippen molar-refractivity contribution >= 4 is 17.7 Å². The summed E-state index contributed by atoms with van der Waals surface area (Å²) in [7, 11) is 1.77. The molecule has 3 aromatic rings. The summed E-state index contributed by atoms with van der Waals surface area (Å²) in [6, 6.07) is 14.5. The average molecular weight is 294 g/mol. The van der Waals surface area contributed by atoms with Crippen LogP contribution in [0.2, 0.25) is 0 Å². The van der Waals surface area contributed by atoms with Gasteiger partial charge in [0.2, 0.25) is 0 Å². The van der Waals surface area contributed by atoms with Crippen LogP contribution in [0.3, 0.4) is 0 Å². The minimum atomic E-state index is -0.416. The zero-order valence-corrected chi connectivity index (χ0v) is 11.9. The summed E-state index contributed by atoms with van der Waals surface area (Å²) >= 11 is 0. The molecule has 0 bridgehead atoms. The summed E-state index contributed by atoms with van der Waals surface area (Å²) < 4.78 is 1.60. The van der Waals surface area contributed by atoms with Crippen LogP contribution in [-0.2, 0) is 7.05 Å². The van der Waals surface area contributed by atoms with E-state index < -0.39 is 6.03 Å². The molecule has 0 spiro atoms. The molecule has 7 nitrogen and oxygen atoms in total. The molecule has 2 aromatic heterocycles. The van der Waals surface area contributed by atoms with Crippen LogP contribution < -0.4 is 10.6 Å². The maximum atomic E-state index is 11.8. The van der Waals surface area contributed by atoms with Crippen molar-refractivity contribution in [3.8, 4) is 11.3 Å². The van der Waals surface area contributed by atoms with Gasteiger partial charge in [0.15, 0.2) is 11.6 Å². The Bertz CT molecular complexity index is 766. The van der Waals surface area contributed by atoms with Gasteiger partial charge in [0, 0.05) is 24.9 Å². The number of carbonyl (C=O) groups is 1. The lowest BCUT2D eigenvalue weighted by atomic mass is 10.1. The van der Waals surface area contributed by atoms with E-state index in [0.29, 0.717) is 11.6 Å². The molecule has 110 valence electrons. The predicted octanol–water partition coefficient (Wildman–Crippen LogP) is 2.52. The third-order valence-corrected chi connectivity index (χ3v) is 2.93. The third kappa shape index (κ3) is 3.26. The Hall–Kier alpha value is -3.22. The number of carbonyl (C=O) groups excluding carboxylic acids is 1. The van der Waals surface area contributed by atoms with Gasteiger partial charge in [0.1, 0.15) is 0 Å². The molecule has 0 unspecified atom stereocenters. The van der Waals surface area contributed by atoms with Crippen molar-refractivity contribution in [1.82, 2.24) is 20.0 Å². The number of amides is 2. The highest BCUT2D eigenvalue weighted by Crippen LogP contribution is 2.16. The van der Waals surface area contributed by atoms with Gasteiger partial charge < -0.3 is 0 Å². The van der Waals surface area contributed by atoms with E-state index >= 15 is 0 Å². The first-order valence-electron chi connectivity index (χ1n) is 6.67. The molecule has 2 amide bonds. The first kappa shape index (κ1) is 13.7. The molecule has 2 N–H and O–H groups in total. The molecule has 22 heavy (non-hydrogen) atoms. The first-order chi connectivity index (χ1) is 10.7. The maximum absolute atomic E-state index is 11.8. The molecule has 0 aliphatic rings. The van der Waals surface area contributed by atoms with E-state index in [0.717, 1.165) is 11.3 Å². The second-order valence-electron chi connectivity index (χ2n) is 4.62. The normalized spacial score (nSPS) is 10.2.